The first-order valence-electron chi connectivity index (χ1n) is 7.39. The number of ether oxygens (including phenoxy) is 1. The number of aliphatic carboxylic acids is 1. The zero-order valence-corrected chi connectivity index (χ0v) is 12.2. The monoisotopic (exact) mass is 298 g/mol. The molecule has 2 N–H and O–H groups in total. The van der Waals surface area contributed by atoms with Crippen molar-refractivity contribution in [2.45, 2.75) is 44.8 Å². The minimum absolute atomic E-state index is 0.0347. The summed E-state index contributed by atoms with van der Waals surface area (Å²) < 4.78 is 5.30. The Kier molecular flexibility index (Phi) is 5.17. The van der Waals surface area contributed by atoms with Crippen LogP contribution in [0, 0.1) is 5.92 Å². The van der Waals surface area contributed by atoms with Gasteiger partial charge in [0.25, 0.3) is 5.91 Å². The van der Waals surface area contributed by atoms with Crippen LogP contribution in [0.4, 0.5) is 0 Å². The summed E-state index contributed by atoms with van der Waals surface area (Å²) in [6.45, 7) is 3.43. The van der Waals surface area contributed by atoms with Crippen molar-refractivity contribution in [2.24, 2.45) is 5.92 Å². The molecule has 0 radical (unpaired) electrons. The molecule has 0 saturated carbocycles. The molecule has 21 heavy (non-hydrogen) atoms. The van der Waals surface area contributed by atoms with Gasteiger partial charge in [-0.2, -0.15) is 0 Å². The minimum atomic E-state index is -1.00. The molecular weight excluding hydrogens is 276 g/mol. The van der Waals surface area contributed by atoms with E-state index in [1.165, 1.54) is 6.92 Å². The minimum Gasteiger partial charge on any atom is -0.479 e. The molecule has 2 aliphatic rings. The first-order chi connectivity index (χ1) is 9.97. The number of amides is 2. The van der Waals surface area contributed by atoms with Gasteiger partial charge in [-0.15, -0.1) is 0 Å². The number of hydrogen-bond acceptors (Lipinski definition) is 4. The van der Waals surface area contributed by atoms with E-state index < -0.39 is 18.2 Å². The van der Waals surface area contributed by atoms with Crippen molar-refractivity contribution in [1.29, 1.82) is 0 Å². The van der Waals surface area contributed by atoms with Crippen LogP contribution in [0.2, 0.25) is 0 Å². The molecule has 2 amide bonds. The Balaban J connectivity index is 1.76. The molecule has 2 rings (SSSR count). The maximum absolute atomic E-state index is 12.3. The van der Waals surface area contributed by atoms with Crippen molar-refractivity contribution < 1.29 is 24.2 Å². The van der Waals surface area contributed by atoms with Crippen molar-refractivity contribution in [2.75, 3.05) is 19.6 Å². The molecular formula is C14H22N2O5. The summed E-state index contributed by atoms with van der Waals surface area (Å²) >= 11 is 0. The van der Waals surface area contributed by atoms with Gasteiger partial charge >= 0.3 is 5.97 Å². The number of rotatable bonds is 4. The molecule has 2 atom stereocenters. The standard InChI is InChI=1S/C14H22N2O5/c1-9(17)15-8-10-4-6-16(7-5-10)13(18)11-2-3-12(21-11)14(19)20/h10-12H,2-8H2,1H3,(H,15,17)(H,19,20)/t11-,12+/m0/s1. The van der Waals surface area contributed by atoms with E-state index in [0.717, 1.165) is 12.8 Å². The number of carbonyl (C=O) groups excluding carboxylic acids is 2. The van der Waals surface area contributed by atoms with Gasteiger partial charge in [-0.05, 0) is 31.6 Å². The van der Waals surface area contributed by atoms with E-state index >= 15 is 0 Å². The van der Waals surface area contributed by atoms with Crippen LogP contribution in [-0.4, -0.2) is 59.6 Å². The van der Waals surface area contributed by atoms with Crippen molar-refractivity contribution in [3.8, 4) is 0 Å². The molecule has 118 valence electrons. The average Bonchev–Trinajstić information content (AvgIpc) is 2.95. The third kappa shape index (κ3) is 4.17. The highest BCUT2D eigenvalue weighted by Crippen LogP contribution is 2.24. The van der Waals surface area contributed by atoms with E-state index in [2.05, 4.69) is 5.32 Å². The van der Waals surface area contributed by atoms with Crippen LogP contribution in [0.1, 0.15) is 32.6 Å². The predicted molar refractivity (Wildman–Crippen MR) is 73.5 cm³/mol. The number of nitrogens with one attached hydrogen (secondary N) is 1. The fourth-order valence-electron chi connectivity index (χ4n) is 2.85. The number of piperidine rings is 1. The lowest BCUT2D eigenvalue weighted by Crippen LogP contribution is -2.45. The van der Waals surface area contributed by atoms with Crippen molar-refractivity contribution in [3.05, 3.63) is 0 Å². The Morgan fingerprint density at radius 3 is 2.29 bits per heavy atom. The zero-order chi connectivity index (χ0) is 15.4. The second-order valence-corrected chi connectivity index (χ2v) is 5.73. The molecule has 2 fully saturated rings. The van der Waals surface area contributed by atoms with E-state index in [-0.39, 0.29) is 11.8 Å². The van der Waals surface area contributed by atoms with E-state index in [0.29, 0.717) is 38.4 Å². The van der Waals surface area contributed by atoms with Crippen LogP contribution in [0.5, 0.6) is 0 Å². The van der Waals surface area contributed by atoms with E-state index in [9.17, 15) is 14.4 Å². The van der Waals surface area contributed by atoms with Crippen molar-refractivity contribution in [1.82, 2.24) is 10.2 Å². The lowest BCUT2D eigenvalue weighted by molar-refractivity contribution is -0.155. The van der Waals surface area contributed by atoms with Gasteiger partial charge in [-0.1, -0.05) is 0 Å². The number of nitrogens with zero attached hydrogens (tertiary/aromatic N) is 1. The number of carbonyl (C=O) groups is 3. The summed E-state index contributed by atoms with van der Waals surface area (Å²) in [5.41, 5.74) is 0. The second kappa shape index (κ2) is 6.89. The highest BCUT2D eigenvalue weighted by atomic mass is 16.5. The molecule has 2 aliphatic heterocycles. The second-order valence-electron chi connectivity index (χ2n) is 5.73. The summed E-state index contributed by atoms with van der Waals surface area (Å²) in [6, 6.07) is 0. The third-order valence-corrected chi connectivity index (χ3v) is 4.14. The fraction of sp³-hybridized carbons (Fsp3) is 0.786. The summed E-state index contributed by atoms with van der Waals surface area (Å²) in [5, 5.41) is 11.7. The largest absolute Gasteiger partial charge is 0.479 e. The quantitative estimate of drug-likeness (QED) is 0.761. The van der Waals surface area contributed by atoms with Crippen LogP contribution < -0.4 is 5.32 Å². The number of likely N-dealkylation sites (tertiary alicyclic amines) is 1. The Labute approximate surface area is 123 Å². The average molecular weight is 298 g/mol. The molecule has 0 aliphatic carbocycles. The summed E-state index contributed by atoms with van der Waals surface area (Å²) in [6.07, 6.45) is 1.10. The molecule has 0 aromatic heterocycles. The Bertz CT molecular complexity index is 418. The van der Waals surface area contributed by atoms with Gasteiger partial charge in [0.2, 0.25) is 5.91 Å². The molecule has 7 heteroatoms. The molecule has 0 unspecified atom stereocenters. The van der Waals surface area contributed by atoms with Gasteiger partial charge in [0.05, 0.1) is 0 Å². The lowest BCUT2D eigenvalue weighted by Gasteiger charge is -2.33. The SMILES string of the molecule is CC(=O)NCC1CCN(C(=O)[C@@H]2CC[C@H](C(=O)O)O2)CC1. The molecule has 0 aromatic rings. The molecule has 0 bridgehead atoms. The van der Waals surface area contributed by atoms with Crippen LogP contribution in [-0.2, 0) is 19.1 Å². The van der Waals surface area contributed by atoms with E-state index in [1.54, 1.807) is 4.90 Å². The maximum atomic E-state index is 12.3. The van der Waals surface area contributed by atoms with Crippen molar-refractivity contribution in [3.63, 3.8) is 0 Å². The van der Waals surface area contributed by atoms with Crippen LogP contribution in [0.3, 0.4) is 0 Å². The molecule has 2 heterocycles. The Morgan fingerprint density at radius 2 is 1.76 bits per heavy atom. The molecule has 2 saturated heterocycles. The number of carboxylic acids is 1. The van der Waals surface area contributed by atoms with Gasteiger partial charge in [0, 0.05) is 26.6 Å². The van der Waals surface area contributed by atoms with E-state index in [1.807, 2.05) is 0 Å². The zero-order valence-electron chi connectivity index (χ0n) is 12.2. The lowest BCUT2D eigenvalue weighted by atomic mass is 9.96. The van der Waals surface area contributed by atoms with Gasteiger partial charge < -0.3 is 20.1 Å². The first kappa shape index (κ1) is 15.8. The Hall–Kier alpha value is -1.63. The molecule has 7 nitrogen and oxygen atoms in total. The smallest absolute Gasteiger partial charge is 0.332 e. The topological polar surface area (TPSA) is 95.9 Å². The highest BCUT2D eigenvalue weighted by Gasteiger charge is 2.37. The van der Waals surface area contributed by atoms with E-state index in [4.69, 9.17) is 9.84 Å². The van der Waals surface area contributed by atoms with Crippen LogP contribution >= 0.6 is 0 Å². The van der Waals surface area contributed by atoms with Crippen LogP contribution in [0.15, 0.2) is 0 Å². The maximum Gasteiger partial charge on any atom is 0.332 e. The summed E-state index contributed by atoms with van der Waals surface area (Å²) in [5.74, 6) is -0.738. The van der Waals surface area contributed by atoms with Gasteiger partial charge in [0.15, 0.2) is 6.10 Å². The molecule has 0 aromatic carbocycles. The number of hydrogen-bond donors (Lipinski definition) is 2. The van der Waals surface area contributed by atoms with Gasteiger partial charge in [-0.25, -0.2) is 4.79 Å². The Morgan fingerprint density at radius 1 is 1.14 bits per heavy atom. The van der Waals surface area contributed by atoms with Gasteiger partial charge in [0.1, 0.15) is 6.10 Å². The predicted octanol–water partition coefficient (Wildman–Crippen LogP) is -0.00670. The molecule has 0 spiro atoms. The highest BCUT2D eigenvalue weighted by molar-refractivity contribution is 5.82. The normalized spacial score (nSPS) is 26.6. The first-order valence-corrected chi connectivity index (χ1v) is 7.39. The number of carboxylic acid groups (broad SMARTS) is 1. The summed E-state index contributed by atoms with van der Waals surface area (Å²) in [7, 11) is 0. The third-order valence-electron chi connectivity index (χ3n) is 4.14. The summed E-state index contributed by atoms with van der Waals surface area (Å²) in [4.78, 5) is 35.7. The van der Waals surface area contributed by atoms with Gasteiger partial charge in [-0.3, -0.25) is 9.59 Å². The fourth-order valence-corrected chi connectivity index (χ4v) is 2.85. The van der Waals surface area contributed by atoms with Crippen LogP contribution in [0.25, 0.3) is 0 Å². The van der Waals surface area contributed by atoms with Crippen molar-refractivity contribution >= 4 is 17.8 Å².